The van der Waals surface area contributed by atoms with E-state index in [-0.39, 0.29) is 12.1 Å². The van der Waals surface area contributed by atoms with Gasteiger partial charge in [0.2, 0.25) is 0 Å². The average Bonchev–Trinajstić information content (AvgIpc) is 2.55. The highest BCUT2D eigenvalue weighted by atomic mass is 32.1. The van der Waals surface area contributed by atoms with Crippen LogP contribution in [-0.2, 0) is 14.3 Å². The third kappa shape index (κ3) is 2.66. The van der Waals surface area contributed by atoms with Gasteiger partial charge in [0.25, 0.3) is 0 Å². The molecule has 0 aromatic rings. The van der Waals surface area contributed by atoms with Crippen LogP contribution < -0.4 is 5.73 Å². The quantitative estimate of drug-likeness (QED) is 0.469. The smallest absolute Gasteiger partial charge is 0.324 e. The van der Waals surface area contributed by atoms with Crippen molar-refractivity contribution in [1.29, 1.82) is 0 Å². The number of carbonyl (C=O) groups is 1. The topological polar surface area (TPSA) is 61.6 Å². The number of ether oxygens (including phenoxy) is 2. The molecule has 0 spiro atoms. The summed E-state index contributed by atoms with van der Waals surface area (Å²) in [5, 5.41) is 0. The van der Waals surface area contributed by atoms with Crippen LogP contribution in [0, 0.1) is 0 Å². The second kappa shape index (κ2) is 4.69. The lowest BCUT2D eigenvalue weighted by atomic mass is 10.3. The molecule has 4 nitrogen and oxygen atoms in total. The molecule has 0 saturated carbocycles. The molecule has 0 amide bonds. The summed E-state index contributed by atoms with van der Waals surface area (Å²) < 4.78 is 10.1. The van der Waals surface area contributed by atoms with Gasteiger partial charge >= 0.3 is 5.97 Å². The van der Waals surface area contributed by atoms with Crippen LogP contribution in [0.5, 0.6) is 0 Å². The maximum Gasteiger partial charge on any atom is 0.324 e. The fraction of sp³-hybridized carbons (Fsp3) is 0.857. The van der Waals surface area contributed by atoms with Gasteiger partial charge in [-0.1, -0.05) is 0 Å². The summed E-state index contributed by atoms with van der Waals surface area (Å²) in [6.07, 6.45) is 0.661. The number of rotatable bonds is 3. The van der Waals surface area contributed by atoms with Gasteiger partial charge in [-0.2, -0.15) is 12.6 Å². The van der Waals surface area contributed by atoms with Crippen LogP contribution in [0.1, 0.15) is 6.42 Å². The van der Waals surface area contributed by atoms with Crippen molar-refractivity contribution in [3.63, 3.8) is 0 Å². The van der Waals surface area contributed by atoms with E-state index in [0.29, 0.717) is 19.0 Å². The molecule has 1 aliphatic rings. The van der Waals surface area contributed by atoms with E-state index in [1.165, 1.54) is 0 Å². The molecule has 12 heavy (non-hydrogen) atoms. The van der Waals surface area contributed by atoms with Crippen molar-refractivity contribution in [2.24, 2.45) is 5.73 Å². The first kappa shape index (κ1) is 9.83. The molecular formula is C7H13NO3S. The van der Waals surface area contributed by atoms with Gasteiger partial charge in [0, 0.05) is 12.2 Å². The van der Waals surface area contributed by atoms with E-state index in [1.54, 1.807) is 0 Å². The lowest BCUT2D eigenvalue weighted by molar-refractivity contribution is -0.149. The third-order valence-electron chi connectivity index (χ3n) is 1.67. The Hall–Kier alpha value is -0.260. The Balaban J connectivity index is 2.25. The highest BCUT2D eigenvalue weighted by Crippen LogP contribution is 2.08. The van der Waals surface area contributed by atoms with E-state index in [9.17, 15) is 4.79 Å². The van der Waals surface area contributed by atoms with E-state index < -0.39 is 6.04 Å². The van der Waals surface area contributed by atoms with Gasteiger partial charge in [-0.3, -0.25) is 4.79 Å². The van der Waals surface area contributed by atoms with Crippen LogP contribution >= 0.6 is 12.6 Å². The second-order valence-corrected chi connectivity index (χ2v) is 3.08. The lowest BCUT2D eigenvalue weighted by Gasteiger charge is -2.12. The van der Waals surface area contributed by atoms with Crippen molar-refractivity contribution >= 4 is 18.6 Å². The van der Waals surface area contributed by atoms with Crippen molar-refractivity contribution < 1.29 is 14.3 Å². The number of carbonyl (C=O) groups excluding carboxylic acids is 1. The largest absolute Gasteiger partial charge is 0.459 e. The van der Waals surface area contributed by atoms with Crippen LogP contribution in [0.3, 0.4) is 0 Å². The molecule has 2 N–H and O–H groups in total. The first-order valence-electron chi connectivity index (χ1n) is 3.88. The maximum absolute atomic E-state index is 11.1. The average molecular weight is 191 g/mol. The van der Waals surface area contributed by atoms with Crippen LogP contribution in [0.25, 0.3) is 0 Å². The highest BCUT2D eigenvalue weighted by Gasteiger charge is 2.22. The minimum absolute atomic E-state index is 0.108. The molecule has 1 unspecified atom stereocenters. The molecule has 1 aliphatic heterocycles. The molecule has 0 bridgehead atoms. The SMILES string of the molecule is N[C@@H](CS)C(=O)OC1CCOC1. The van der Waals surface area contributed by atoms with E-state index in [2.05, 4.69) is 12.6 Å². The molecule has 1 heterocycles. The fourth-order valence-electron chi connectivity index (χ4n) is 0.932. The van der Waals surface area contributed by atoms with Gasteiger partial charge in [0.15, 0.2) is 0 Å². The molecule has 0 radical (unpaired) electrons. The van der Waals surface area contributed by atoms with Gasteiger partial charge in [-0.15, -0.1) is 0 Å². The Kier molecular flexibility index (Phi) is 3.84. The second-order valence-electron chi connectivity index (χ2n) is 2.71. The summed E-state index contributed by atoms with van der Waals surface area (Å²) in [7, 11) is 0. The third-order valence-corrected chi connectivity index (χ3v) is 2.06. The first-order chi connectivity index (χ1) is 5.74. The van der Waals surface area contributed by atoms with Crippen molar-refractivity contribution in [2.45, 2.75) is 18.6 Å². The summed E-state index contributed by atoms with van der Waals surface area (Å²) >= 11 is 3.89. The van der Waals surface area contributed by atoms with Gasteiger partial charge < -0.3 is 15.2 Å². The minimum Gasteiger partial charge on any atom is -0.459 e. The molecule has 5 heteroatoms. The summed E-state index contributed by atoms with van der Waals surface area (Å²) in [6, 6.07) is -0.617. The molecule has 0 aromatic carbocycles. The number of esters is 1. The van der Waals surface area contributed by atoms with E-state index in [1.807, 2.05) is 0 Å². The number of hydrogen-bond donors (Lipinski definition) is 2. The van der Waals surface area contributed by atoms with Crippen molar-refractivity contribution in [3.05, 3.63) is 0 Å². The van der Waals surface area contributed by atoms with Crippen molar-refractivity contribution in [3.8, 4) is 0 Å². The molecule has 0 aliphatic carbocycles. The van der Waals surface area contributed by atoms with Crippen molar-refractivity contribution in [2.75, 3.05) is 19.0 Å². The summed E-state index contributed by atoms with van der Waals surface area (Å²) in [6.45, 7) is 1.15. The Labute approximate surface area is 76.8 Å². The Morgan fingerprint density at radius 3 is 3.08 bits per heavy atom. The maximum atomic E-state index is 11.1. The predicted molar refractivity (Wildman–Crippen MR) is 47.1 cm³/mol. The summed E-state index contributed by atoms with van der Waals surface area (Å²) in [4.78, 5) is 11.1. The zero-order chi connectivity index (χ0) is 8.97. The number of nitrogens with two attached hydrogens (primary N) is 1. The van der Waals surface area contributed by atoms with Gasteiger partial charge in [0.1, 0.15) is 12.1 Å². The molecule has 2 atom stereocenters. The van der Waals surface area contributed by atoms with Gasteiger partial charge in [-0.05, 0) is 0 Å². The number of thiol groups is 1. The molecule has 1 fully saturated rings. The predicted octanol–water partition coefficient (Wildman–Crippen LogP) is -0.424. The standard InChI is InChI=1S/C7H13NO3S/c8-6(4-12)7(9)11-5-1-2-10-3-5/h5-6,12H,1-4,8H2/t5?,6-/m0/s1. The van der Waals surface area contributed by atoms with E-state index >= 15 is 0 Å². The first-order valence-corrected chi connectivity index (χ1v) is 4.52. The highest BCUT2D eigenvalue weighted by molar-refractivity contribution is 7.80. The van der Waals surface area contributed by atoms with E-state index in [4.69, 9.17) is 15.2 Å². The number of hydrogen-bond acceptors (Lipinski definition) is 5. The fourth-order valence-corrected chi connectivity index (χ4v) is 1.08. The van der Waals surface area contributed by atoms with Crippen LogP contribution in [0.4, 0.5) is 0 Å². The molecule has 1 rings (SSSR count). The molecular weight excluding hydrogens is 178 g/mol. The lowest BCUT2D eigenvalue weighted by Crippen LogP contribution is -2.36. The van der Waals surface area contributed by atoms with Gasteiger partial charge in [-0.25, -0.2) is 0 Å². The Morgan fingerprint density at radius 2 is 2.58 bits per heavy atom. The Morgan fingerprint density at radius 1 is 1.83 bits per heavy atom. The molecule has 1 saturated heterocycles. The van der Waals surface area contributed by atoms with E-state index in [0.717, 1.165) is 6.42 Å². The summed E-state index contributed by atoms with van der Waals surface area (Å²) in [5.74, 6) is -0.0765. The van der Waals surface area contributed by atoms with Crippen LogP contribution in [-0.4, -0.2) is 37.1 Å². The van der Waals surface area contributed by atoms with Crippen LogP contribution in [0.15, 0.2) is 0 Å². The summed E-state index contributed by atoms with van der Waals surface area (Å²) in [5.41, 5.74) is 5.40. The zero-order valence-corrected chi connectivity index (χ0v) is 7.63. The minimum atomic E-state index is -0.617. The van der Waals surface area contributed by atoms with Gasteiger partial charge in [0.05, 0.1) is 13.2 Å². The van der Waals surface area contributed by atoms with Crippen molar-refractivity contribution in [1.82, 2.24) is 0 Å². The molecule has 0 aromatic heterocycles. The Bertz CT molecular complexity index is 159. The zero-order valence-electron chi connectivity index (χ0n) is 6.73. The monoisotopic (exact) mass is 191 g/mol. The van der Waals surface area contributed by atoms with Crippen LogP contribution in [0.2, 0.25) is 0 Å². The normalized spacial score (nSPS) is 25.3. The molecule has 70 valence electrons.